The van der Waals surface area contributed by atoms with E-state index in [1.165, 1.54) is 19.3 Å². The van der Waals surface area contributed by atoms with E-state index >= 15 is 0 Å². The molecule has 84 valence electrons. The SMILES string of the molecule is COCCC(C)C1(N)CCCC1(C)C. The molecule has 0 radical (unpaired) electrons. The zero-order chi connectivity index (χ0) is 10.8. The fourth-order valence-corrected chi connectivity index (χ4v) is 2.86. The summed E-state index contributed by atoms with van der Waals surface area (Å²) in [5.41, 5.74) is 6.88. The Hall–Kier alpha value is -0.0800. The smallest absolute Gasteiger partial charge is 0.0465 e. The summed E-state index contributed by atoms with van der Waals surface area (Å²) in [5, 5.41) is 0. The van der Waals surface area contributed by atoms with Gasteiger partial charge in [-0.3, -0.25) is 0 Å². The molecule has 1 saturated carbocycles. The lowest BCUT2D eigenvalue weighted by Gasteiger charge is -2.43. The molecule has 2 unspecified atom stereocenters. The summed E-state index contributed by atoms with van der Waals surface area (Å²) in [6.07, 6.45) is 4.79. The van der Waals surface area contributed by atoms with Crippen molar-refractivity contribution in [2.75, 3.05) is 13.7 Å². The maximum Gasteiger partial charge on any atom is 0.0465 e. The number of ether oxygens (including phenoxy) is 1. The number of hydrogen-bond donors (Lipinski definition) is 1. The molecule has 1 aliphatic rings. The highest BCUT2D eigenvalue weighted by atomic mass is 16.5. The quantitative estimate of drug-likeness (QED) is 0.755. The number of nitrogens with two attached hydrogens (primary N) is 1. The van der Waals surface area contributed by atoms with E-state index in [1.807, 2.05) is 0 Å². The van der Waals surface area contributed by atoms with Crippen molar-refractivity contribution in [2.45, 2.75) is 52.0 Å². The standard InChI is InChI=1S/C12H25NO/c1-10(6-9-14-4)12(13)8-5-7-11(12,2)3/h10H,5-9,13H2,1-4H3. The van der Waals surface area contributed by atoms with Gasteiger partial charge in [-0.25, -0.2) is 0 Å². The molecule has 1 rings (SSSR count). The van der Waals surface area contributed by atoms with Gasteiger partial charge in [0.25, 0.3) is 0 Å². The van der Waals surface area contributed by atoms with Gasteiger partial charge in [0.2, 0.25) is 0 Å². The van der Waals surface area contributed by atoms with Crippen molar-refractivity contribution in [1.82, 2.24) is 0 Å². The van der Waals surface area contributed by atoms with Crippen LogP contribution in [0.5, 0.6) is 0 Å². The Morgan fingerprint density at radius 2 is 2.00 bits per heavy atom. The predicted octanol–water partition coefficient (Wildman–Crippen LogP) is 2.57. The second-order valence-electron chi connectivity index (χ2n) is 5.46. The van der Waals surface area contributed by atoms with E-state index in [0.29, 0.717) is 11.3 Å². The fourth-order valence-electron chi connectivity index (χ4n) is 2.86. The van der Waals surface area contributed by atoms with Crippen molar-refractivity contribution < 1.29 is 4.74 Å². The van der Waals surface area contributed by atoms with Crippen LogP contribution in [0.1, 0.15) is 46.5 Å². The number of hydrogen-bond acceptors (Lipinski definition) is 2. The van der Waals surface area contributed by atoms with Gasteiger partial charge in [-0.15, -0.1) is 0 Å². The average Bonchev–Trinajstić information content (AvgIpc) is 2.38. The molecule has 0 heterocycles. The summed E-state index contributed by atoms with van der Waals surface area (Å²) < 4.78 is 5.13. The molecule has 0 aromatic rings. The lowest BCUT2D eigenvalue weighted by Crippen LogP contribution is -2.54. The van der Waals surface area contributed by atoms with Crippen LogP contribution in [0.3, 0.4) is 0 Å². The van der Waals surface area contributed by atoms with Gasteiger partial charge in [0, 0.05) is 19.3 Å². The number of rotatable bonds is 4. The van der Waals surface area contributed by atoms with Gasteiger partial charge in [0.1, 0.15) is 0 Å². The van der Waals surface area contributed by atoms with Gasteiger partial charge in [-0.1, -0.05) is 27.2 Å². The van der Waals surface area contributed by atoms with Crippen LogP contribution in [-0.4, -0.2) is 19.3 Å². The maximum absolute atomic E-state index is 6.57. The molecule has 0 aliphatic heterocycles. The Kier molecular flexibility index (Phi) is 3.59. The second kappa shape index (κ2) is 4.19. The second-order valence-corrected chi connectivity index (χ2v) is 5.46. The largest absolute Gasteiger partial charge is 0.385 e. The van der Waals surface area contributed by atoms with Gasteiger partial charge in [-0.05, 0) is 30.6 Å². The lowest BCUT2D eigenvalue weighted by atomic mass is 9.68. The monoisotopic (exact) mass is 199 g/mol. The molecule has 0 bridgehead atoms. The van der Waals surface area contributed by atoms with Crippen LogP contribution in [0.15, 0.2) is 0 Å². The van der Waals surface area contributed by atoms with Crippen molar-refractivity contribution in [3.63, 3.8) is 0 Å². The van der Waals surface area contributed by atoms with Gasteiger partial charge in [-0.2, -0.15) is 0 Å². The van der Waals surface area contributed by atoms with Crippen LogP contribution in [0.4, 0.5) is 0 Å². The maximum atomic E-state index is 6.57. The van der Waals surface area contributed by atoms with Crippen LogP contribution in [0.25, 0.3) is 0 Å². The summed E-state index contributed by atoms with van der Waals surface area (Å²) in [6, 6.07) is 0. The molecule has 14 heavy (non-hydrogen) atoms. The Morgan fingerprint density at radius 3 is 2.43 bits per heavy atom. The third-order valence-electron chi connectivity index (χ3n) is 4.29. The van der Waals surface area contributed by atoms with E-state index in [4.69, 9.17) is 10.5 Å². The Bertz CT molecular complexity index is 191. The molecular weight excluding hydrogens is 174 g/mol. The first-order valence-corrected chi connectivity index (χ1v) is 5.72. The molecule has 0 amide bonds. The van der Waals surface area contributed by atoms with Crippen molar-refractivity contribution >= 4 is 0 Å². The molecule has 2 atom stereocenters. The molecular formula is C12H25NO. The van der Waals surface area contributed by atoms with Gasteiger partial charge in [0.15, 0.2) is 0 Å². The van der Waals surface area contributed by atoms with Crippen LogP contribution in [0.2, 0.25) is 0 Å². The molecule has 1 fully saturated rings. The van der Waals surface area contributed by atoms with Crippen molar-refractivity contribution in [2.24, 2.45) is 17.1 Å². The van der Waals surface area contributed by atoms with Crippen molar-refractivity contribution in [3.05, 3.63) is 0 Å². The first kappa shape index (κ1) is 12.0. The fraction of sp³-hybridized carbons (Fsp3) is 1.00. The first-order chi connectivity index (χ1) is 6.44. The Labute approximate surface area is 88.2 Å². The molecule has 2 heteroatoms. The average molecular weight is 199 g/mol. The summed E-state index contributed by atoms with van der Waals surface area (Å²) in [4.78, 5) is 0. The Balaban J connectivity index is 2.63. The van der Waals surface area contributed by atoms with Crippen LogP contribution in [-0.2, 0) is 4.74 Å². The summed E-state index contributed by atoms with van der Waals surface area (Å²) in [5.74, 6) is 0.556. The number of methoxy groups -OCH3 is 1. The lowest BCUT2D eigenvalue weighted by molar-refractivity contribution is 0.102. The minimum atomic E-state index is 0.0194. The van der Waals surface area contributed by atoms with Gasteiger partial charge in [0.05, 0.1) is 0 Å². The van der Waals surface area contributed by atoms with Crippen LogP contribution >= 0.6 is 0 Å². The first-order valence-electron chi connectivity index (χ1n) is 5.72. The molecule has 1 aliphatic carbocycles. The topological polar surface area (TPSA) is 35.2 Å². The minimum absolute atomic E-state index is 0.0194. The summed E-state index contributed by atoms with van der Waals surface area (Å²) in [7, 11) is 1.76. The molecule has 0 saturated heterocycles. The molecule has 0 spiro atoms. The summed E-state index contributed by atoms with van der Waals surface area (Å²) in [6.45, 7) is 7.72. The van der Waals surface area contributed by atoms with E-state index in [0.717, 1.165) is 13.0 Å². The normalized spacial score (nSPS) is 33.2. The van der Waals surface area contributed by atoms with Crippen LogP contribution in [0, 0.1) is 11.3 Å². The van der Waals surface area contributed by atoms with E-state index in [1.54, 1.807) is 7.11 Å². The van der Waals surface area contributed by atoms with E-state index in [9.17, 15) is 0 Å². The molecule has 0 aromatic carbocycles. The molecule has 2 N–H and O–H groups in total. The highest BCUT2D eigenvalue weighted by Crippen LogP contribution is 2.48. The molecule has 0 aromatic heterocycles. The van der Waals surface area contributed by atoms with Gasteiger partial charge < -0.3 is 10.5 Å². The predicted molar refractivity (Wildman–Crippen MR) is 60.2 cm³/mol. The van der Waals surface area contributed by atoms with E-state index in [-0.39, 0.29) is 5.54 Å². The van der Waals surface area contributed by atoms with Crippen LogP contribution < -0.4 is 5.73 Å². The molecule has 2 nitrogen and oxygen atoms in total. The minimum Gasteiger partial charge on any atom is -0.385 e. The third-order valence-corrected chi connectivity index (χ3v) is 4.29. The third kappa shape index (κ3) is 1.96. The highest BCUT2D eigenvalue weighted by Gasteiger charge is 2.48. The van der Waals surface area contributed by atoms with E-state index in [2.05, 4.69) is 20.8 Å². The van der Waals surface area contributed by atoms with Crippen molar-refractivity contribution in [1.29, 1.82) is 0 Å². The summed E-state index contributed by atoms with van der Waals surface area (Å²) >= 11 is 0. The highest BCUT2D eigenvalue weighted by molar-refractivity contribution is 5.05. The Morgan fingerprint density at radius 1 is 1.36 bits per heavy atom. The zero-order valence-electron chi connectivity index (χ0n) is 10.1. The van der Waals surface area contributed by atoms with Gasteiger partial charge >= 0.3 is 0 Å². The van der Waals surface area contributed by atoms with E-state index < -0.39 is 0 Å². The zero-order valence-corrected chi connectivity index (χ0v) is 10.1. The van der Waals surface area contributed by atoms with Crippen molar-refractivity contribution in [3.8, 4) is 0 Å².